The van der Waals surface area contributed by atoms with Gasteiger partial charge in [0.2, 0.25) is 0 Å². The molecule has 0 aromatic heterocycles. The molecule has 4 unspecified atom stereocenters. The summed E-state index contributed by atoms with van der Waals surface area (Å²) in [7, 11) is -4.07. The second kappa shape index (κ2) is 4.76. The minimum absolute atomic E-state index is 0.000809. The molecule has 3 saturated carbocycles. The van der Waals surface area contributed by atoms with E-state index in [4.69, 9.17) is 4.74 Å². The normalized spacial score (nSPS) is 38.4. The summed E-state index contributed by atoms with van der Waals surface area (Å²) in [5, 5.41) is 0. The number of hydrogen-bond donors (Lipinski definition) is 1. The van der Waals surface area contributed by atoms with Gasteiger partial charge in [-0.15, -0.1) is 0 Å². The Balaban J connectivity index is 1.70. The second-order valence-corrected chi connectivity index (χ2v) is 7.77. The zero-order valence-corrected chi connectivity index (χ0v) is 11.4. The van der Waals surface area contributed by atoms with Crippen LogP contribution in [0, 0.1) is 17.8 Å². The summed E-state index contributed by atoms with van der Waals surface area (Å²) in [6.45, 7) is 0. The van der Waals surface area contributed by atoms with E-state index < -0.39 is 15.6 Å². The van der Waals surface area contributed by atoms with Crippen LogP contribution in [-0.4, -0.2) is 24.5 Å². The molecular weight excluding hydrogens is 252 g/mol. The molecule has 0 aromatic rings. The Kier molecular flexibility index (Phi) is 3.41. The third-order valence-electron chi connectivity index (χ3n) is 5.06. The van der Waals surface area contributed by atoms with Crippen LogP contribution in [0.5, 0.6) is 0 Å². The molecule has 3 aliphatic carbocycles. The van der Waals surface area contributed by atoms with Crippen molar-refractivity contribution in [2.75, 3.05) is 0 Å². The van der Waals surface area contributed by atoms with Gasteiger partial charge in [0.1, 0.15) is 0 Å². The summed E-state index contributed by atoms with van der Waals surface area (Å²) >= 11 is 0. The summed E-state index contributed by atoms with van der Waals surface area (Å²) in [4.78, 5) is 0. The van der Waals surface area contributed by atoms with Crippen molar-refractivity contribution in [1.82, 2.24) is 0 Å². The summed E-state index contributed by atoms with van der Waals surface area (Å²) in [5.41, 5.74) is -0.968. The van der Waals surface area contributed by atoms with Gasteiger partial charge < -0.3 is 4.74 Å². The quantitative estimate of drug-likeness (QED) is 0.800. The molecule has 0 amide bonds. The highest BCUT2D eigenvalue weighted by Gasteiger charge is 2.44. The molecule has 3 fully saturated rings. The van der Waals surface area contributed by atoms with Crippen molar-refractivity contribution in [3.05, 3.63) is 0 Å². The largest absolute Gasteiger partial charge is 0.356 e. The van der Waals surface area contributed by atoms with E-state index in [1.54, 1.807) is 0 Å². The van der Waals surface area contributed by atoms with E-state index in [0.717, 1.165) is 44.4 Å². The third-order valence-corrected chi connectivity index (χ3v) is 6.14. The van der Waals surface area contributed by atoms with Gasteiger partial charge in [0.25, 0.3) is 10.1 Å². The molecule has 3 rings (SSSR count). The summed E-state index contributed by atoms with van der Waals surface area (Å²) in [5.74, 6) is 1.26. The summed E-state index contributed by atoms with van der Waals surface area (Å²) < 4.78 is 38.4. The molecule has 5 heteroatoms. The van der Waals surface area contributed by atoms with Crippen molar-refractivity contribution < 1.29 is 17.7 Å². The Hall–Kier alpha value is -0.130. The Morgan fingerprint density at radius 3 is 2.28 bits per heavy atom. The van der Waals surface area contributed by atoms with Crippen molar-refractivity contribution >= 4 is 10.1 Å². The minimum Gasteiger partial charge on any atom is -0.356 e. The highest BCUT2D eigenvalue weighted by Crippen LogP contribution is 2.47. The molecule has 0 aliphatic heterocycles. The SMILES string of the molecule is O=S(=O)(O)C(OC1CC2CCC1C2)C1CCCC1. The molecule has 2 bridgehead atoms. The van der Waals surface area contributed by atoms with Crippen LogP contribution < -0.4 is 0 Å². The van der Waals surface area contributed by atoms with Gasteiger partial charge in [-0.3, -0.25) is 4.55 Å². The summed E-state index contributed by atoms with van der Waals surface area (Å²) in [6.07, 6.45) is 8.51. The first-order chi connectivity index (χ1) is 8.54. The van der Waals surface area contributed by atoms with Gasteiger partial charge in [0, 0.05) is 5.92 Å². The van der Waals surface area contributed by atoms with Gasteiger partial charge in [-0.2, -0.15) is 8.42 Å². The minimum atomic E-state index is -4.07. The van der Waals surface area contributed by atoms with Crippen molar-refractivity contribution in [3.8, 4) is 0 Å². The second-order valence-electron chi connectivity index (χ2n) is 6.28. The number of rotatable bonds is 4. The predicted octanol–water partition coefficient (Wildman–Crippen LogP) is 2.60. The Bertz CT molecular complexity index is 399. The lowest BCUT2D eigenvalue weighted by molar-refractivity contribution is -0.0285. The lowest BCUT2D eigenvalue weighted by Crippen LogP contribution is -2.36. The molecule has 18 heavy (non-hydrogen) atoms. The monoisotopic (exact) mass is 274 g/mol. The highest BCUT2D eigenvalue weighted by atomic mass is 32.2. The van der Waals surface area contributed by atoms with Crippen LogP contribution in [0.4, 0.5) is 0 Å². The van der Waals surface area contributed by atoms with Crippen LogP contribution >= 0.6 is 0 Å². The zero-order valence-electron chi connectivity index (χ0n) is 10.6. The van der Waals surface area contributed by atoms with Crippen molar-refractivity contribution in [2.45, 2.75) is 62.9 Å². The van der Waals surface area contributed by atoms with Gasteiger partial charge in [-0.1, -0.05) is 12.8 Å². The van der Waals surface area contributed by atoms with Crippen LogP contribution in [0.25, 0.3) is 0 Å². The predicted molar refractivity (Wildman–Crippen MR) is 67.6 cm³/mol. The molecule has 4 nitrogen and oxygen atoms in total. The van der Waals surface area contributed by atoms with Crippen LogP contribution in [0.2, 0.25) is 0 Å². The van der Waals surface area contributed by atoms with Crippen LogP contribution in [0.3, 0.4) is 0 Å². The van der Waals surface area contributed by atoms with Crippen molar-refractivity contribution in [1.29, 1.82) is 0 Å². The van der Waals surface area contributed by atoms with Crippen LogP contribution in [-0.2, 0) is 14.9 Å². The van der Waals surface area contributed by atoms with E-state index in [1.165, 1.54) is 12.8 Å². The maximum Gasteiger partial charge on any atom is 0.292 e. The molecule has 0 radical (unpaired) electrons. The average Bonchev–Trinajstić information content (AvgIpc) is 3.01. The molecule has 0 heterocycles. The highest BCUT2D eigenvalue weighted by molar-refractivity contribution is 7.86. The number of fused-ring (bicyclic) bond motifs is 2. The third kappa shape index (κ3) is 2.45. The van der Waals surface area contributed by atoms with Crippen LogP contribution in [0.15, 0.2) is 0 Å². The van der Waals surface area contributed by atoms with E-state index in [2.05, 4.69) is 0 Å². The van der Waals surface area contributed by atoms with E-state index in [1.807, 2.05) is 0 Å². The molecule has 3 aliphatic rings. The fraction of sp³-hybridized carbons (Fsp3) is 1.00. The van der Waals surface area contributed by atoms with Gasteiger partial charge in [0.05, 0.1) is 6.10 Å². The first-order valence-electron chi connectivity index (χ1n) is 7.16. The van der Waals surface area contributed by atoms with Gasteiger partial charge in [-0.25, -0.2) is 0 Å². The average molecular weight is 274 g/mol. The molecule has 0 aromatic carbocycles. The van der Waals surface area contributed by atoms with Crippen LogP contribution in [0.1, 0.15) is 51.4 Å². The molecule has 1 N–H and O–H groups in total. The molecule has 0 saturated heterocycles. The smallest absolute Gasteiger partial charge is 0.292 e. The molecule has 104 valence electrons. The lowest BCUT2D eigenvalue weighted by atomic mass is 9.97. The van der Waals surface area contributed by atoms with E-state index >= 15 is 0 Å². The number of hydrogen-bond acceptors (Lipinski definition) is 3. The maximum atomic E-state index is 11.5. The Morgan fingerprint density at radius 2 is 1.78 bits per heavy atom. The molecule has 4 atom stereocenters. The maximum absolute atomic E-state index is 11.5. The fourth-order valence-corrected chi connectivity index (χ4v) is 5.22. The van der Waals surface area contributed by atoms with Crippen molar-refractivity contribution in [2.24, 2.45) is 17.8 Å². The standard InChI is InChI=1S/C13H22O4S/c14-18(15,16)13(10-3-1-2-4-10)17-12-8-9-5-6-11(12)7-9/h9-13H,1-8H2,(H,14,15,16). The first-order valence-corrected chi connectivity index (χ1v) is 8.66. The zero-order chi connectivity index (χ0) is 12.8. The fourth-order valence-electron chi connectivity index (χ4n) is 4.18. The molecular formula is C13H22O4S. The van der Waals surface area contributed by atoms with Gasteiger partial charge in [0.15, 0.2) is 5.44 Å². The van der Waals surface area contributed by atoms with Gasteiger partial charge >= 0.3 is 0 Å². The molecule has 0 spiro atoms. The number of ether oxygens (including phenoxy) is 1. The Morgan fingerprint density at radius 1 is 1.06 bits per heavy atom. The van der Waals surface area contributed by atoms with E-state index in [9.17, 15) is 13.0 Å². The Labute approximate surface area is 109 Å². The lowest BCUT2D eigenvalue weighted by Gasteiger charge is -2.29. The van der Waals surface area contributed by atoms with E-state index in [0.29, 0.717) is 5.92 Å². The van der Waals surface area contributed by atoms with E-state index in [-0.39, 0.29) is 12.0 Å². The summed E-state index contributed by atoms with van der Waals surface area (Å²) in [6, 6.07) is 0. The van der Waals surface area contributed by atoms with Gasteiger partial charge in [-0.05, 0) is 50.4 Å². The topological polar surface area (TPSA) is 63.6 Å². The first kappa shape index (κ1) is 12.9. The van der Waals surface area contributed by atoms with Crippen molar-refractivity contribution in [3.63, 3.8) is 0 Å².